The Morgan fingerprint density at radius 3 is 2.51 bits per heavy atom. The largest absolute Gasteiger partial charge is 0.493 e. The van der Waals surface area contributed by atoms with Crippen molar-refractivity contribution in [3.63, 3.8) is 0 Å². The third-order valence-corrected chi connectivity index (χ3v) is 7.45. The standard InChI is InChI=1S/C33H28N2O7S/c1-5-16-40-32(38)29-20(2)34-33-35(30(29)23-14-15-26(41-21(3)36)27(19-23)39-4)31(37)28(43-33)18-22-10-9-13-25(17-22)42-24-11-7-6-8-12-24/h5-15,17-19,30H,1,16H2,2-4H3/b28-18-. The lowest BCUT2D eigenvalue weighted by atomic mass is 9.95. The van der Waals surface area contributed by atoms with Crippen molar-refractivity contribution in [1.82, 2.24) is 4.57 Å². The SMILES string of the molecule is C=CCOC(=O)C1=C(C)N=c2s/c(=C\c3cccc(Oc4ccccc4)c3)c(=O)n2C1c1ccc(OC(C)=O)c(OC)c1. The highest BCUT2D eigenvalue weighted by molar-refractivity contribution is 7.07. The van der Waals surface area contributed by atoms with Gasteiger partial charge in [-0.3, -0.25) is 14.2 Å². The van der Waals surface area contributed by atoms with Crippen LogP contribution in [0.5, 0.6) is 23.0 Å². The van der Waals surface area contributed by atoms with Crippen LogP contribution in [0.3, 0.4) is 0 Å². The van der Waals surface area contributed by atoms with Crippen LogP contribution in [0.1, 0.15) is 31.0 Å². The molecule has 1 aliphatic heterocycles. The van der Waals surface area contributed by atoms with E-state index >= 15 is 0 Å². The number of carbonyl (C=O) groups is 2. The van der Waals surface area contributed by atoms with Crippen LogP contribution in [0.15, 0.2) is 107 Å². The zero-order chi connectivity index (χ0) is 30.5. The van der Waals surface area contributed by atoms with Crippen molar-refractivity contribution in [1.29, 1.82) is 0 Å². The molecule has 3 aromatic carbocycles. The third-order valence-electron chi connectivity index (χ3n) is 6.47. The summed E-state index contributed by atoms with van der Waals surface area (Å²) in [6.45, 7) is 6.58. The summed E-state index contributed by atoms with van der Waals surface area (Å²) in [4.78, 5) is 43.9. The number of allylic oxidation sites excluding steroid dienone is 1. The molecule has 43 heavy (non-hydrogen) atoms. The number of thiazole rings is 1. The van der Waals surface area contributed by atoms with E-state index in [2.05, 4.69) is 11.6 Å². The zero-order valence-electron chi connectivity index (χ0n) is 23.7. The number of hydrogen-bond acceptors (Lipinski definition) is 9. The molecule has 0 amide bonds. The molecule has 0 saturated heterocycles. The van der Waals surface area contributed by atoms with Crippen LogP contribution in [0, 0.1) is 0 Å². The highest BCUT2D eigenvalue weighted by atomic mass is 32.1. The van der Waals surface area contributed by atoms with Crippen molar-refractivity contribution >= 4 is 29.4 Å². The molecule has 0 N–H and O–H groups in total. The highest BCUT2D eigenvalue weighted by Gasteiger charge is 2.34. The first kappa shape index (κ1) is 29.3. The molecule has 2 heterocycles. The highest BCUT2D eigenvalue weighted by Crippen LogP contribution is 2.36. The summed E-state index contributed by atoms with van der Waals surface area (Å²) in [5.74, 6) is 0.642. The van der Waals surface area contributed by atoms with Gasteiger partial charge in [0.1, 0.15) is 18.1 Å². The molecule has 5 rings (SSSR count). The van der Waals surface area contributed by atoms with Crippen LogP contribution in [-0.2, 0) is 14.3 Å². The van der Waals surface area contributed by atoms with E-state index in [0.29, 0.717) is 32.1 Å². The molecule has 0 saturated carbocycles. The topological polar surface area (TPSA) is 105 Å². The monoisotopic (exact) mass is 596 g/mol. The smallest absolute Gasteiger partial charge is 0.338 e. The normalized spacial score (nSPS) is 14.4. The summed E-state index contributed by atoms with van der Waals surface area (Å²) in [5.41, 5.74) is 1.56. The minimum absolute atomic E-state index is 0.0111. The number of aromatic nitrogens is 1. The number of carbonyl (C=O) groups excluding carboxylic acids is 2. The first-order valence-electron chi connectivity index (χ1n) is 13.3. The van der Waals surface area contributed by atoms with Gasteiger partial charge in [-0.2, -0.15) is 0 Å². The molecule has 0 fully saturated rings. The van der Waals surface area contributed by atoms with Gasteiger partial charge in [-0.1, -0.05) is 60.4 Å². The molecular formula is C33H28N2O7S. The van der Waals surface area contributed by atoms with E-state index in [-0.39, 0.29) is 29.2 Å². The second-order valence-electron chi connectivity index (χ2n) is 9.46. The maximum Gasteiger partial charge on any atom is 0.338 e. The van der Waals surface area contributed by atoms with E-state index in [4.69, 9.17) is 18.9 Å². The van der Waals surface area contributed by atoms with Crippen molar-refractivity contribution in [3.05, 3.63) is 128 Å². The van der Waals surface area contributed by atoms with E-state index in [1.54, 1.807) is 31.2 Å². The zero-order valence-corrected chi connectivity index (χ0v) is 24.6. The summed E-state index contributed by atoms with van der Waals surface area (Å²) in [5, 5.41) is 0. The molecule has 1 unspecified atom stereocenters. The van der Waals surface area contributed by atoms with Gasteiger partial charge in [-0.25, -0.2) is 9.79 Å². The Hall–Kier alpha value is -5.22. The lowest BCUT2D eigenvalue weighted by Gasteiger charge is -2.25. The second-order valence-corrected chi connectivity index (χ2v) is 10.5. The van der Waals surface area contributed by atoms with E-state index in [9.17, 15) is 14.4 Å². The fraction of sp³-hybridized carbons (Fsp3) is 0.152. The van der Waals surface area contributed by atoms with Gasteiger partial charge in [0.2, 0.25) is 0 Å². The molecule has 0 spiro atoms. The molecule has 0 radical (unpaired) electrons. The molecule has 9 nitrogen and oxygen atoms in total. The van der Waals surface area contributed by atoms with Crippen molar-refractivity contribution in [3.8, 4) is 23.0 Å². The molecular weight excluding hydrogens is 568 g/mol. The molecule has 0 aliphatic carbocycles. The fourth-order valence-electron chi connectivity index (χ4n) is 4.65. The fourth-order valence-corrected chi connectivity index (χ4v) is 5.69. The Kier molecular flexibility index (Phi) is 8.68. The van der Waals surface area contributed by atoms with E-state index in [1.165, 1.54) is 36.0 Å². The predicted molar refractivity (Wildman–Crippen MR) is 162 cm³/mol. The average Bonchev–Trinajstić information content (AvgIpc) is 3.29. The lowest BCUT2D eigenvalue weighted by molar-refractivity contribution is -0.138. The first-order valence-corrected chi connectivity index (χ1v) is 14.1. The van der Waals surface area contributed by atoms with Crippen molar-refractivity contribution in [2.45, 2.75) is 19.9 Å². The Morgan fingerprint density at radius 2 is 1.79 bits per heavy atom. The van der Waals surface area contributed by atoms with Gasteiger partial charge >= 0.3 is 11.9 Å². The molecule has 0 bridgehead atoms. The van der Waals surface area contributed by atoms with Gasteiger partial charge in [0.25, 0.3) is 5.56 Å². The number of nitrogens with zero attached hydrogens (tertiary/aromatic N) is 2. The lowest BCUT2D eigenvalue weighted by Crippen LogP contribution is -2.40. The summed E-state index contributed by atoms with van der Waals surface area (Å²) < 4.78 is 24.0. The number of ether oxygens (including phenoxy) is 4. The minimum atomic E-state index is -0.885. The maximum atomic E-state index is 14.0. The molecule has 218 valence electrons. The van der Waals surface area contributed by atoms with E-state index < -0.39 is 18.0 Å². The molecule has 10 heteroatoms. The number of esters is 2. The Labute approximate surface area is 251 Å². The number of rotatable bonds is 9. The number of methoxy groups -OCH3 is 1. The van der Waals surface area contributed by atoms with Crippen LogP contribution < -0.4 is 29.1 Å². The van der Waals surface area contributed by atoms with Crippen LogP contribution in [0.25, 0.3) is 6.08 Å². The molecule has 1 atom stereocenters. The van der Waals surface area contributed by atoms with Crippen LogP contribution in [0.2, 0.25) is 0 Å². The summed E-state index contributed by atoms with van der Waals surface area (Å²) in [7, 11) is 1.44. The Morgan fingerprint density at radius 1 is 1.02 bits per heavy atom. The quantitative estimate of drug-likeness (QED) is 0.157. The van der Waals surface area contributed by atoms with Gasteiger partial charge in [0, 0.05) is 6.92 Å². The van der Waals surface area contributed by atoms with Gasteiger partial charge in [0.15, 0.2) is 16.3 Å². The van der Waals surface area contributed by atoms with E-state index in [0.717, 1.165) is 5.56 Å². The Balaban J connectivity index is 1.63. The number of para-hydroxylation sites is 1. The van der Waals surface area contributed by atoms with Crippen LogP contribution in [0.4, 0.5) is 0 Å². The maximum absolute atomic E-state index is 14.0. The molecule has 4 aromatic rings. The van der Waals surface area contributed by atoms with E-state index in [1.807, 2.05) is 54.6 Å². The number of hydrogen-bond donors (Lipinski definition) is 0. The average molecular weight is 597 g/mol. The van der Waals surface area contributed by atoms with Gasteiger partial charge < -0.3 is 18.9 Å². The van der Waals surface area contributed by atoms with Gasteiger partial charge in [0.05, 0.1) is 29.0 Å². The first-order chi connectivity index (χ1) is 20.8. The molecule has 1 aliphatic rings. The Bertz CT molecular complexity index is 1920. The number of benzene rings is 3. The van der Waals surface area contributed by atoms with Crippen molar-refractivity contribution < 1.29 is 28.5 Å². The predicted octanol–water partition coefficient (Wildman–Crippen LogP) is 4.69. The molecule has 1 aromatic heterocycles. The van der Waals surface area contributed by atoms with Crippen molar-refractivity contribution in [2.24, 2.45) is 4.99 Å². The van der Waals surface area contributed by atoms with Crippen LogP contribution in [-0.4, -0.2) is 30.2 Å². The van der Waals surface area contributed by atoms with Crippen LogP contribution >= 0.6 is 11.3 Å². The summed E-state index contributed by atoms with van der Waals surface area (Å²) in [6.07, 6.45) is 3.22. The number of fused-ring (bicyclic) bond motifs is 1. The minimum Gasteiger partial charge on any atom is -0.493 e. The van der Waals surface area contributed by atoms with Gasteiger partial charge in [-0.15, -0.1) is 0 Å². The third kappa shape index (κ3) is 6.34. The summed E-state index contributed by atoms with van der Waals surface area (Å²) in [6, 6.07) is 20.8. The van der Waals surface area contributed by atoms with Crippen molar-refractivity contribution in [2.75, 3.05) is 13.7 Å². The van der Waals surface area contributed by atoms with Gasteiger partial charge in [-0.05, 0) is 60.5 Å². The second kappa shape index (κ2) is 12.7. The summed E-state index contributed by atoms with van der Waals surface area (Å²) >= 11 is 1.21.